The van der Waals surface area contributed by atoms with Crippen molar-refractivity contribution in [2.75, 3.05) is 9.96 Å². The first-order valence-corrected chi connectivity index (χ1v) is 10.3. The van der Waals surface area contributed by atoms with Gasteiger partial charge < -0.3 is 5.11 Å². The average molecular weight is 465 g/mol. The van der Waals surface area contributed by atoms with E-state index < -0.39 is 18.1 Å². The highest BCUT2D eigenvalue weighted by atomic mass is 79.9. The van der Waals surface area contributed by atoms with E-state index in [9.17, 15) is 14.7 Å². The standard InChI is InChI=1S/C23H17BrN2O4/c24-15-5-4-8-17(13-15)25-22(28)19-20(14-9-11-18(27)12-10-14)26(30-21(19)23(25)29)16-6-2-1-3-7-16/h1-13,19-21,27H/t19-,20-,21+/m0/s1. The number of hydrogen-bond donors (Lipinski definition) is 1. The second-order valence-electron chi connectivity index (χ2n) is 7.24. The van der Waals surface area contributed by atoms with Gasteiger partial charge in [-0.15, -0.1) is 0 Å². The molecule has 7 heteroatoms. The van der Waals surface area contributed by atoms with Gasteiger partial charge in [-0.05, 0) is 48.0 Å². The number of anilines is 2. The number of amides is 2. The predicted molar refractivity (Wildman–Crippen MR) is 115 cm³/mol. The molecule has 2 saturated heterocycles. The van der Waals surface area contributed by atoms with Crippen LogP contribution in [0.1, 0.15) is 11.6 Å². The zero-order valence-corrected chi connectivity index (χ0v) is 17.3. The molecule has 0 aliphatic carbocycles. The quantitative estimate of drug-likeness (QED) is 0.588. The highest BCUT2D eigenvalue weighted by Crippen LogP contribution is 2.47. The van der Waals surface area contributed by atoms with Crippen LogP contribution in [0, 0.1) is 5.92 Å². The maximum Gasteiger partial charge on any atom is 0.266 e. The maximum absolute atomic E-state index is 13.5. The number of halogens is 1. The van der Waals surface area contributed by atoms with Gasteiger partial charge in [0.25, 0.3) is 5.91 Å². The van der Waals surface area contributed by atoms with E-state index in [0.717, 1.165) is 15.7 Å². The fourth-order valence-electron chi connectivity index (χ4n) is 4.09. The number of aromatic hydroxyl groups is 1. The summed E-state index contributed by atoms with van der Waals surface area (Å²) in [4.78, 5) is 34.0. The number of carbonyl (C=O) groups excluding carboxylic acids is 2. The molecule has 0 radical (unpaired) electrons. The van der Waals surface area contributed by atoms with E-state index in [0.29, 0.717) is 5.69 Å². The number of carbonyl (C=O) groups is 2. The number of para-hydroxylation sites is 1. The van der Waals surface area contributed by atoms with Gasteiger partial charge in [-0.25, -0.2) is 9.96 Å². The van der Waals surface area contributed by atoms with E-state index in [2.05, 4.69) is 15.9 Å². The third kappa shape index (κ3) is 2.98. The van der Waals surface area contributed by atoms with Gasteiger partial charge in [0.1, 0.15) is 11.7 Å². The van der Waals surface area contributed by atoms with Crippen molar-refractivity contribution in [3.05, 3.63) is 88.9 Å². The van der Waals surface area contributed by atoms with E-state index in [1.54, 1.807) is 47.5 Å². The second-order valence-corrected chi connectivity index (χ2v) is 8.16. The summed E-state index contributed by atoms with van der Waals surface area (Å²) >= 11 is 3.39. The summed E-state index contributed by atoms with van der Waals surface area (Å²) in [7, 11) is 0. The lowest BCUT2D eigenvalue weighted by Crippen LogP contribution is -2.37. The van der Waals surface area contributed by atoms with Crippen molar-refractivity contribution < 1.29 is 19.5 Å². The first kappa shape index (κ1) is 18.8. The summed E-state index contributed by atoms with van der Waals surface area (Å²) in [6, 6.07) is 22.6. The summed E-state index contributed by atoms with van der Waals surface area (Å²) in [6.07, 6.45) is -0.921. The minimum Gasteiger partial charge on any atom is -0.508 e. The molecule has 6 nitrogen and oxygen atoms in total. The molecule has 2 heterocycles. The Hall–Kier alpha value is -3.16. The highest BCUT2D eigenvalue weighted by Gasteiger charge is 2.60. The lowest BCUT2D eigenvalue weighted by molar-refractivity contribution is -0.126. The fourth-order valence-corrected chi connectivity index (χ4v) is 4.48. The number of rotatable bonds is 3. The maximum atomic E-state index is 13.5. The van der Waals surface area contributed by atoms with Crippen LogP contribution in [0.2, 0.25) is 0 Å². The smallest absolute Gasteiger partial charge is 0.266 e. The zero-order chi connectivity index (χ0) is 20.8. The van der Waals surface area contributed by atoms with Gasteiger partial charge in [0.2, 0.25) is 5.91 Å². The van der Waals surface area contributed by atoms with Crippen LogP contribution in [-0.4, -0.2) is 23.0 Å². The Morgan fingerprint density at radius 2 is 1.53 bits per heavy atom. The Bertz CT molecular complexity index is 1120. The van der Waals surface area contributed by atoms with Crippen LogP contribution in [0.5, 0.6) is 5.75 Å². The van der Waals surface area contributed by atoms with E-state index in [-0.39, 0.29) is 17.6 Å². The molecule has 2 aliphatic heterocycles. The summed E-state index contributed by atoms with van der Waals surface area (Å²) in [6.45, 7) is 0. The summed E-state index contributed by atoms with van der Waals surface area (Å²) in [5, 5.41) is 11.3. The summed E-state index contributed by atoms with van der Waals surface area (Å²) in [5.74, 6) is -1.27. The Kier molecular flexibility index (Phi) is 4.56. The summed E-state index contributed by atoms with van der Waals surface area (Å²) < 4.78 is 0.777. The molecule has 3 atom stereocenters. The molecule has 0 spiro atoms. The predicted octanol–water partition coefficient (Wildman–Crippen LogP) is 4.21. The Morgan fingerprint density at radius 1 is 0.833 bits per heavy atom. The van der Waals surface area contributed by atoms with Crippen LogP contribution in [0.15, 0.2) is 83.3 Å². The first-order chi connectivity index (χ1) is 14.5. The molecule has 5 rings (SSSR count). The third-order valence-electron chi connectivity index (χ3n) is 5.43. The van der Waals surface area contributed by atoms with Gasteiger partial charge in [-0.2, -0.15) is 0 Å². The van der Waals surface area contributed by atoms with Crippen molar-refractivity contribution >= 4 is 39.1 Å². The summed E-state index contributed by atoms with van der Waals surface area (Å²) in [5.41, 5.74) is 2.04. The highest BCUT2D eigenvalue weighted by molar-refractivity contribution is 9.10. The van der Waals surface area contributed by atoms with Crippen LogP contribution in [0.25, 0.3) is 0 Å². The van der Waals surface area contributed by atoms with Crippen LogP contribution in [-0.2, 0) is 14.4 Å². The number of benzene rings is 3. The minimum atomic E-state index is -0.921. The molecule has 2 aliphatic rings. The van der Waals surface area contributed by atoms with Crippen molar-refractivity contribution in [3.8, 4) is 5.75 Å². The van der Waals surface area contributed by atoms with Gasteiger partial charge in [-0.3, -0.25) is 14.4 Å². The first-order valence-electron chi connectivity index (χ1n) is 9.48. The van der Waals surface area contributed by atoms with E-state index in [1.807, 2.05) is 36.4 Å². The normalized spacial score (nSPS) is 23.2. The third-order valence-corrected chi connectivity index (χ3v) is 5.92. The lowest BCUT2D eigenvalue weighted by Gasteiger charge is -2.28. The molecular weight excluding hydrogens is 448 g/mol. The molecular formula is C23H17BrN2O4. The number of hydroxylamine groups is 1. The van der Waals surface area contributed by atoms with Crippen LogP contribution in [0.4, 0.5) is 11.4 Å². The van der Waals surface area contributed by atoms with Crippen molar-refractivity contribution in [1.29, 1.82) is 0 Å². The molecule has 3 aromatic carbocycles. The topological polar surface area (TPSA) is 70.1 Å². The Balaban J connectivity index is 1.59. The van der Waals surface area contributed by atoms with Crippen molar-refractivity contribution in [1.82, 2.24) is 0 Å². The number of fused-ring (bicyclic) bond motifs is 1. The Morgan fingerprint density at radius 3 is 2.23 bits per heavy atom. The minimum absolute atomic E-state index is 0.130. The lowest BCUT2D eigenvalue weighted by atomic mass is 9.90. The van der Waals surface area contributed by atoms with Gasteiger partial charge in [0.05, 0.1) is 17.4 Å². The molecule has 0 saturated carbocycles. The molecule has 2 amide bonds. The van der Waals surface area contributed by atoms with Gasteiger partial charge in [-0.1, -0.05) is 52.3 Å². The number of phenols is 1. The number of imide groups is 1. The molecule has 0 bridgehead atoms. The van der Waals surface area contributed by atoms with E-state index in [1.165, 1.54) is 4.90 Å². The Labute approximate surface area is 181 Å². The molecule has 150 valence electrons. The molecule has 2 fully saturated rings. The zero-order valence-electron chi connectivity index (χ0n) is 15.7. The molecule has 0 unspecified atom stereocenters. The molecule has 30 heavy (non-hydrogen) atoms. The largest absolute Gasteiger partial charge is 0.508 e. The molecule has 1 N–H and O–H groups in total. The van der Waals surface area contributed by atoms with Gasteiger partial charge in [0.15, 0.2) is 6.10 Å². The van der Waals surface area contributed by atoms with Crippen molar-refractivity contribution in [2.24, 2.45) is 5.92 Å². The SMILES string of the molecule is O=C1[C@@H]2[C@@H](ON(c3ccccc3)[C@H]2c2ccc(O)cc2)C(=O)N1c1cccc(Br)c1. The molecule has 3 aromatic rings. The van der Waals surface area contributed by atoms with Crippen LogP contribution in [0.3, 0.4) is 0 Å². The number of phenolic OH excluding ortho intramolecular Hbond substituents is 1. The van der Waals surface area contributed by atoms with Gasteiger partial charge >= 0.3 is 0 Å². The van der Waals surface area contributed by atoms with Crippen molar-refractivity contribution in [3.63, 3.8) is 0 Å². The average Bonchev–Trinajstić information content (AvgIpc) is 3.26. The van der Waals surface area contributed by atoms with Crippen LogP contribution < -0.4 is 9.96 Å². The number of nitrogens with zero attached hydrogens (tertiary/aromatic N) is 2. The van der Waals surface area contributed by atoms with Crippen molar-refractivity contribution in [2.45, 2.75) is 12.1 Å². The second kappa shape index (κ2) is 7.27. The van der Waals surface area contributed by atoms with Gasteiger partial charge in [0, 0.05) is 4.47 Å². The van der Waals surface area contributed by atoms with E-state index >= 15 is 0 Å². The monoisotopic (exact) mass is 464 g/mol. The number of hydrogen-bond acceptors (Lipinski definition) is 5. The fraction of sp³-hybridized carbons (Fsp3) is 0.130. The van der Waals surface area contributed by atoms with Crippen LogP contribution >= 0.6 is 15.9 Å². The van der Waals surface area contributed by atoms with E-state index in [4.69, 9.17) is 4.84 Å². The molecule has 0 aromatic heterocycles.